The molecule has 1 aromatic rings. The average Bonchev–Trinajstić information content (AvgIpc) is 2.24. The van der Waals surface area contributed by atoms with Crippen molar-refractivity contribution in [3.05, 3.63) is 27.7 Å². The van der Waals surface area contributed by atoms with Gasteiger partial charge < -0.3 is 9.84 Å². The molecule has 0 fully saturated rings. The molecule has 0 aromatic heterocycles. The zero-order valence-electron chi connectivity index (χ0n) is 11.2. The molecule has 4 heteroatoms. The van der Waals surface area contributed by atoms with E-state index in [1.165, 1.54) is 0 Å². The number of rotatable bonds is 4. The van der Waals surface area contributed by atoms with Crippen LogP contribution in [0.1, 0.15) is 38.3 Å². The molecular weight excluding hydrogens is 296 g/mol. The third kappa shape index (κ3) is 3.73. The van der Waals surface area contributed by atoms with Gasteiger partial charge in [0, 0.05) is 16.5 Å². The summed E-state index contributed by atoms with van der Waals surface area (Å²) in [6, 6.07) is 3.96. The molecule has 0 aliphatic carbocycles. The molecule has 1 rings (SSSR count). The second-order valence-electron chi connectivity index (χ2n) is 5.29. The number of benzene rings is 1. The summed E-state index contributed by atoms with van der Waals surface area (Å²) in [5, 5.41) is 8.78. The number of carbonyl (C=O) groups is 1. The van der Waals surface area contributed by atoms with Crippen molar-refractivity contribution in [2.24, 2.45) is 0 Å². The lowest BCUT2D eigenvalue weighted by Crippen LogP contribution is -2.14. The van der Waals surface area contributed by atoms with Crippen molar-refractivity contribution in [3.8, 4) is 5.75 Å². The smallest absolute Gasteiger partial charge is 0.303 e. The Balaban J connectivity index is 3.24. The fraction of sp³-hybridized carbons (Fsp3) is 0.500. The van der Waals surface area contributed by atoms with Gasteiger partial charge in [-0.2, -0.15) is 0 Å². The van der Waals surface area contributed by atoms with E-state index in [4.69, 9.17) is 9.84 Å². The zero-order chi connectivity index (χ0) is 13.9. The van der Waals surface area contributed by atoms with E-state index in [9.17, 15) is 4.79 Å². The number of aryl methyl sites for hydroxylation is 1. The minimum absolute atomic E-state index is 0.0485. The highest BCUT2D eigenvalue weighted by molar-refractivity contribution is 9.10. The maximum absolute atomic E-state index is 10.7. The predicted octanol–water partition coefficient (Wildman–Crippen LogP) is 3.77. The summed E-state index contributed by atoms with van der Waals surface area (Å²) in [5.41, 5.74) is 1.96. The number of methoxy groups -OCH3 is 1. The summed E-state index contributed by atoms with van der Waals surface area (Å²) >= 11 is 3.47. The lowest BCUT2D eigenvalue weighted by atomic mass is 9.84. The molecule has 0 aliphatic heterocycles. The molecular formula is C14H19BrO3. The number of carboxylic acids is 1. The minimum Gasteiger partial charge on any atom is -0.496 e. The zero-order valence-corrected chi connectivity index (χ0v) is 12.8. The first-order valence-electron chi connectivity index (χ1n) is 5.84. The van der Waals surface area contributed by atoms with Crippen LogP contribution in [0.3, 0.4) is 0 Å². The highest BCUT2D eigenvalue weighted by Gasteiger charge is 2.22. The van der Waals surface area contributed by atoms with Crippen LogP contribution < -0.4 is 4.74 Å². The van der Waals surface area contributed by atoms with Gasteiger partial charge in [0.2, 0.25) is 0 Å². The van der Waals surface area contributed by atoms with Crippen LogP contribution >= 0.6 is 15.9 Å². The van der Waals surface area contributed by atoms with Gasteiger partial charge >= 0.3 is 5.97 Å². The molecule has 0 amide bonds. The van der Waals surface area contributed by atoms with Crippen LogP contribution in [-0.2, 0) is 16.6 Å². The standard InChI is InChI=1S/C14H19BrO3/c1-14(2,3)11-8-10(15)7-9(13(11)18-4)5-6-12(16)17/h7-8H,5-6H2,1-4H3,(H,16,17). The molecule has 0 spiro atoms. The van der Waals surface area contributed by atoms with E-state index in [-0.39, 0.29) is 11.8 Å². The fourth-order valence-corrected chi connectivity index (χ4v) is 2.38. The van der Waals surface area contributed by atoms with E-state index < -0.39 is 5.97 Å². The number of hydrogen-bond donors (Lipinski definition) is 1. The largest absolute Gasteiger partial charge is 0.496 e. The van der Waals surface area contributed by atoms with Gasteiger partial charge in [0.1, 0.15) is 5.75 Å². The molecule has 0 heterocycles. The first kappa shape index (κ1) is 15.0. The van der Waals surface area contributed by atoms with E-state index in [2.05, 4.69) is 36.7 Å². The third-order valence-electron chi connectivity index (χ3n) is 2.75. The first-order chi connectivity index (χ1) is 8.25. The Morgan fingerprint density at radius 3 is 2.44 bits per heavy atom. The van der Waals surface area contributed by atoms with Crippen molar-refractivity contribution in [1.82, 2.24) is 0 Å². The lowest BCUT2D eigenvalue weighted by Gasteiger charge is -2.24. The topological polar surface area (TPSA) is 46.5 Å². The maximum atomic E-state index is 10.7. The van der Waals surface area contributed by atoms with Gasteiger partial charge in [0.25, 0.3) is 0 Å². The van der Waals surface area contributed by atoms with Crippen LogP contribution in [0.4, 0.5) is 0 Å². The number of halogens is 1. The van der Waals surface area contributed by atoms with Gasteiger partial charge in [-0.3, -0.25) is 4.79 Å². The molecule has 0 unspecified atom stereocenters. The van der Waals surface area contributed by atoms with Gasteiger partial charge in [-0.1, -0.05) is 36.7 Å². The molecule has 0 bridgehead atoms. The second kappa shape index (κ2) is 5.74. The van der Waals surface area contributed by atoms with E-state index in [1.807, 2.05) is 12.1 Å². The van der Waals surface area contributed by atoms with Crippen LogP contribution in [0.25, 0.3) is 0 Å². The van der Waals surface area contributed by atoms with E-state index in [1.54, 1.807) is 7.11 Å². The van der Waals surface area contributed by atoms with Crippen LogP contribution in [0.2, 0.25) is 0 Å². The number of carboxylic acid groups (broad SMARTS) is 1. The van der Waals surface area contributed by atoms with Crippen LogP contribution in [0.15, 0.2) is 16.6 Å². The van der Waals surface area contributed by atoms with Gasteiger partial charge in [-0.15, -0.1) is 0 Å². The molecule has 0 saturated carbocycles. The molecule has 0 radical (unpaired) electrons. The van der Waals surface area contributed by atoms with Crippen molar-refractivity contribution in [2.75, 3.05) is 7.11 Å². The molecule has 100 valence electrons. The molecule has 0 saturated heterocycles. The van der Waals surface area contributed by atoms with Crippen LogP contribution in [0.5, 0.6) is 5.75 Å². The Bertz CT molecular complexity index is 447. The summed E-state index contributed by atoms with van der Waals surface area (Å²) in [6.07, 6.45) is 0.581. The first-order valence-corrected chi connectivity index (χ1v) is 6.63. The predicted molar refractivity (Wildman–Crippen MR) is 75.4 cm³/mol. The second-order valence-corrected chi connectivity index (χ2v) is 6.21. The van der Waals surface area contributed by atoms with Crippen molar-refractivity contribution >= 4 is 21.9 Å². The van der Waals surface area contributed by atoms with Gasteiger partial charge in [0.15, 0.2) is 0 Å². The van der Waals surface area contributed by atoms with Crippen molar-refractivity contribution in [2.45, 2.75) is 39.0 Å². The summed E-state index contributed by atoms with van der Waals surface area (Å²) < 4.78 is 6.43. The highest BCUT2D eigenvalue weighted by atomic mass is 79.9. The number of aliphatic carboxylic acids is 1. The van der Waals surface area contributed by atoms with Gasteiger partial charge in [0.05, 0.1) is 7.11 Å². The Labute approximate surface area is 116 Å². The van der Waals surface area contributed by atoms with E-state index in [0.717, 1.165) is 21.3 Å². The number of ether oxygens (including phenoxy) is 1. The molecule has 0 atom stereocenters. The van der Waals surface area contributed by atoms with Crippen LogP contribution in [-0.4, -0.2) is 18.2 Å². The fourth-order valence-electron chi connectivity index (χ4n) is 1.88. The minimum atomic E-state index is -0.797. The maximum Gasteiger partial charge on any atom is 0.303 e. The van der Waals surface area contributed by atoms with Gasteiger partial charge in [-0.25, -0.2) is 0 Å². The Morgan fingerprint density at radius 2 is 2.00 bits per heavy atom. The van der Waals surface area contributed by atoms with E-state index in [0.29, 0.717) is 6.42 Å². The average molecular weight is 315 g/mol. The quantitative estimate of drug-likeness (QED) is 0.920. The Hall–Kier alpha value is -1.03. The number of hydrogen-bond acceptors (Lipinski definition) is 2. The summed E-state index contributed by atoms with van der Waals surface area (Å²) in [6.45, 7) is 6.33. The lowest BCUT2D eigenvalue weighted by molar-refractivity contribution is -0.136. The van der Waals surface area contributed by atoms with E-state index >= 15 is 0 Å². The SMILES string of the molecule is COc1c(CCC(=O)O)cc(Br)cc1C(C)(C)C. The third-order valence-corrected chi connectivity index (χ3v) is 3.21. The van der Waals surface area contributed by atoms with Crippen LogP contribution in [0, 0.1) is 0 Å². The molecule has 1 N–H and O–H groups in total. The molecule has 18 heavy (non-hydrogen) atoms. The molecule has 1 aromatic carbocycles. The van der Waals surface area contributed by atoms with Crippen molar-refractivity contribution < 1.29 is 14.6 Å². The summed E-state index contributed by atoms with van der Waals surface area (Å²) in [5.74, 6) is 0.00119. The summed E-state index contributed by atoms with van der Waals surface area (Å²) in [7, 11) is 1.63. The normalized spacial score (nSPS) is 11.4. The van der Waals surface area contributed by atoms with Crippen molar-refractivity contribution in [3.63, 3.8) is 0 Å². The highest BCUT2D eigenvalue weighted by Crippen LogP contribution is 2.37. The van der Waals surface area contributed by atoms with Crippen molar-refractivity contribution in [1.29, 1.82) is 0 Å². The molecule has 0 aliphatic rings. The Morgan fingerprint density at radius 1 is 1.39 bits per heavy atom. The monoisotopic (exact) mass is 314 g/mol. The molecule has 3 nitrogen and oxygen atoms in total. The van der Waals surface area contributed by atoms with Gasteiger partial charge in [-0.05, 0) is 29.5 Å². The Kier molecular flexibility index (Phi) is 4.79. The summed E-state index contributed by atoms with van der Waals surface area (Å²) in [4.78, 5) is 10.7.